The summed E-state index contributed by atoms with van der Waals surface area (Å²) in [4.78, 5) is 37.5. The van der Waals surface area contributed by atoms with E-state index in [2.05, 4.69) is 0 Å². The van der Waals surface area contributed by atoms with Crippen molar-refractivity contribution >= 4 is 23.4 Å². The summed E-state index contributed by atoms with van der Waals surface area (Å²) in [6.45, 7) is 1.98. The lowest BCUT2D eigenvalue weighted by Gasteiger charge is -2.22. The zero-order chi connectivity index (χ0) is 16.3. The molecule has 22 heavy (non-hydrogen) atoms. The molecule has 1 aliphatic rings. The van der Waals surface area contributed by atoms with E-state index in [1.54, 1.807) is 6.92 Å². The third-order valence-electron chi connectivity index (χ3n) is 3.54. The number of carbonyl (C=O) groups excluding carboxylic acids is 3. The van der Waals surface area contributed by atoms with Crippen molar-refractivity contribution in [1.82, 2.24) is 4.90 Å². The van der Waals surface area contributed by atoms with Gasteiger partial charge in [0.05, 0.1) is 0 Å². The van der Waals surface area contributed by atoms with E-state index in [4.69, 9.17) is 0 Å². The summed E-state index contributed by atoms with van der Waals surface area (Å²) in [5.41, 5.74) is 0.241. The average Bonchev–Trinajstić information content (AvgIpc) is 2.80. The Labute approximate surface area is 126 Å². The first kappa shape index (κ1) is 16.1. The van der Waals surface area contributed by atoms with E-state index in [0.29, 0.717) is 0 Å². The van der Waals surface area contributed by atoms with Gasteiger partial charge in [0.2, 0.25) is 17.7 Å². The molecule has 5 nitrogen and oxygen atoms in total. The topological polar surface area (TPSA) is 57.7 Å². The summed E-state index contributed by atoms with van der Waals surface area (Å²) in [6, 6.07) is 3.21. The Morgan fingerprint density at radius 3 is 2.36 bits per heavy atom. The lowest BCUT2D eigenvalue weighted by molar-refractivity contribution is -0.138. The SMILES string of the molecule is CCN(C(=O)CCN1C(=O)CCC1=O)c1ccc(F)c(F)c1. The average molecular weight is 310 g/mol. The highest BCUT2D eigenvalue weighted by molar-refractivity contribution is 6.02. The van der Waals surface area contributed by atoms with Crippen molar-refractivity contribution in [3.63, 3.8) is 0 Å². The Bertz CT molecular complexity index is 603. The molecule has 0 saturated carbocycles. The zero-order valence-electron chi connectivity index (χ0n) is 12.1. The maximum absolute atomic E-state index is 13.3. The van der Waals surface area contributed by atoms with Gasteiger partial charge >= 0.3 is 0 Å². The molecule has 1 heterocycles. The first-order valence-electron chi connectivity index (χ1n) is 7.02. The second kappa shape index (κ2) is 6.64. The number of imide groups is 1. The number of hydrogen-bond acceptors (Lipinski definition) is 3. The van der Waals surface area contributed by atoms with Gasteiger partial charge in [-0.25, -0.2) is 8.78 Å². The molecule has 0 aliphatic carbocycles. The molecule has 1 aliphatic heterocycles. The molecule has 0 aromatic heterocycles. The Morgan fingerprint density at radius 1 is 1.18 bits per heavy atom. The van der Waals surface area contributed by atoms with Gasteiger partial charge in [0.1, 0.15) is 0 Å². The fourth-order valence-electron chi connectivity index (χ4n) is 2.37. The fourth-order valence-corrected chi connectivity index (χ4v) is 2.37. The van der Waals surface area contributed by atoms with Gasteiger partial charge < -0.3 is 4.90 Å². The molecule has 0 atom stereocenters. The Balaban J connectivity index is 2.04. The van der Waals surface area contributed by atoms with E-state index in [1.807, 2.05) is 0 Å². The van der Waals surface area contributed by atoms with E-state index >= 15 is 0 Å². The van der Waals surface area contributed by atoms with Crippen LogP contribution in [0.25, 0.3) is 0 Å². The van der Waals surface area contributed by atoms with E-state index < -0.39 is 11.6 Å². The molecule has 2 rings (SSSR count). The minimum atomic E-state index is -1.03. The molecule has 0 radical (unpaired) electrons. The molecule has 1 aromatic carbocycles. The van der Waals surface area contributed by atoms with Gasteiger partial charge in [-0.05, 0) is 19.1 Å². The standard InChI is InChI=1S/C15H16F2N2O3/c1-2-18(10-3-4-11(16)12(17)9-10)15(22)7-8-19-13(20)5-6-14(19)21/h3-4,9H,2,5-8H2,1H3. The van der Waals surface area contributed by atoms with Crippen LogP contribution in [-0.4, -0.2) is 35.7 Å². The highest BCUT2D eigenvalue weighted by Gasteiger charge is 2.29. The predicted octanol–water partition coefficient (Wildman–Crippen LogP) is 1.86. The quantitative estimate of drug-likeness (QED) is 0.780. The molecule has 1 saturated heterocycles. The van der Waals surface area contributed by atoms with E-state index in [1.165, 1.54) is 11.0 Å². The van der Waals surface area contributed by atoms with Crippen LogP contribution in [-0.2, 0) is 14.4 Å². The Morgan fingerprint density at radius 2 is 1.82 bits per heavy atom. The van der Waals surface area contributed by atoms with Crippen molar-refractivity contribution in [1.29, 1.82) is 0 Å². The highest BCUT2D eigenvalue weighted by atomic mass is 19.2. The first-order chi connectivity index (χ1) is 10.4. The summed E-state index contributed by atoms with van der Waals surface area (Å²) in [5.74, 6) is -2.95. The number of hydrogen-bond donors (Lipinski definition) is 0. The van der Waals surface area contributed by atoms with Gasteiger partial charge in [-0.2, -0.15) is 0 Å². The highest BCUT2D eigenvalue weighted by Crippen LogP contribution is 2.19. The number of amides is 3. The number of rotatable bonds is 5. The van der Waals surface area contributed by atoms with Crippen LogP contribution in [0.3, 0.4) is 0 Å². The molecule has 0 bridgehead atoms. The molecule has 1 fully saturated rings. The van der Waals surface area contributed by atoms with Crippen molar-refractivity contribution in [3.05, 3.63) is 29.8 Å². The Kier molecular flexibility index (Phi) is 4.85. The van der Waals surface area contributed by atoms with E-state index in [0.717, 1.165) is 17.0 Å². The largest absolute Gasteiger partial charge is 0.313 e. The van der Waals surface area contributed by atoms with E-state index in [-0.39, 0.29) is 55.8 Å². The van der Waals surface area contributed by atoms with Crippen molar-refractivity contribution in [2.75, 3.05) is 18.0 Å². The van der Waals surface area contributed by atoms with Gasteiger partial charge in [0, 0.05) is 44.1 Å². The predicted molar refractivity (Wildman–Crippen MR) is 75.0 cm³/mol. The molecule has 7 heteroatoms. The summed E-state index contributed by atoms with van der Waals surface area (Å²) < 4.78 is 26.2. The van der Waals surface area contributed by atoms with Crippen LogP contribution in [0.4, 0.5) is 14.5 Å². The summed E-state index contributed by atoms with van der Waals surface area (Å²) in [6.07, 6.45) is 0.297. The zero-order valence-corrected chi connectivity index (χ0v) is 12.1. The van der Waals surface area contributed by atoms with Crippen LogP contribution in [0, 0.1) is 11.6 Å². The van der Waals surface area contributed by atoms with Crippen molar-refractivity contribution in [3.8, 4) is 0 Å². The van der Waals surface area contributed by atoms with Crippen molar-refractivity contribution in [2.24, 2.45) is 0 Å². The fraction of sp³-hybridized carbons (Fsp3) is 0.400. The summed E-state index contributed by atoms with van der Waals surface area (Å²) in [5, 5.41) is 0. The molecule has 0 spiro atoms. The monoisotopic (exact) mass is 310 g/mol. The first-order valence-corrected chi connectivity index (χ1v) is 7.02. The Hall–Kier alpha value is -2.31. The van der Waals surface area contributed by atoms with Crippen LogP contribution < -0.4 is 4.90 Å². The van der Waals surface area contributed by atoms with Crippen LogP contribution >= 0.6 is 0 Å². The van der Waals surface area contributed by atoms with E-state index in [9.17, 15) is 23.2 Å². The number of carbonyl (C=O) groups is 3. The number of anilines is 1. The van der Waals surface area contributed by atoms with Gasteiger partial charge in [-0.3, -0.25) is 19.3 Å². The lowest BCUT2D eigenvalue weighted by Crippen LogP contribution is -2.36. The smallest absolute Gasteiger partial charge is 0.229 e. The molecule has 3 amide bonds. The van der Waals surface area contributed by atoms with Crippen molar-refractivity contribution < 1.29 is 23.2 Å². The lowest BCUT2D eigenvalue weighted by atomic mass is 10.2. The maximum Gasteiger partial charge on any atom is 0.229 e. The third kappa shape index (κ3) is 3.29. The number of nitrogens with zero attached hydrogens (tertiary/aromatic N) is 2. The minimum absolute atomic E-state index is 0.0106. The summed E-state index contributed by atoms with van der Waals surface area (Å²) >= 11 is 0. The van der Waals surface area contributed by atoms with Crippen LogP contribution in [0.5, 0.6) is 0 Å². The third-order valence-corrected chi connectivity index (χ3v) is 3.54. The second-order valence-corrected chi connectivity index (χ2v) is 4.93. The molecular weight excluding hydrogens is 294 g/mol. The normalized spacial score (nSPS) is 14.6. The molecule has 0 unspecified atom stereocenters. The number of likely N-dealkylation sites (tertiary alicyclic amines) is 1. The maximum atomic E-state index is 13.3. The molecule has 118 valence electrons. The summed E-state index contributed by atoms with van der Waals surface area (Å²) in [7, 11) is 0. The van der Waals surface area contributed by atoms with Gasteiger partial charge in [-0.15, -0.1) is 0 Å². The second-order valence-electron chi connectivity index (χ2n) is 4.93. The van der Waals surface area contributed by atoms with Crippen molar-refractivity contribution in [2.45, 2.75) is 26.2 Å². The molecule has 1 aromatic rings. The van der Waals surface area contributed by atoms with Crippen LogP contribution in [0.15, 0.2) is 18.2 Å². The number of halogens is 2. The van der Waals surface area contributed by atoms with Gasteiger partial charge in [-0.1, -0.05) is 0 Å². The molecular formula is C15H16F2N2O3. The molecule has 0 N–H and O–H groups in total. The van der Waals surface area contributed by atoms with Crippen LogP contribution in [0.1, 0.15) is 26.2 Å². The van der Waals surface area contributed by atoms with Gasteiger partial charge in [0.25, 0.3) is 0 Å². The number of benzene rings is 1. The van der Waals surface area contributed by atoms with Gasteiger partial charge in [0.15, 0.2) is 11.6 Å². The van der Waals surface area contributed by atoms with Crippen LogP contribution in [0.2, 0.25) is 0 Å². The minimum Gasteiger partial charge on any atom is -0.313 e.